The molecule has 0 aromatic heterocycles. The largest absolute Gasteiger partial charge is 0.313 e. The van der Waals surface area contributed by atoms with Gasteiger partial charge in [0.2, 0.25) is 0 Å². The minimum Gasteiger partial charge on any atom is -0.313 e. The predicted molar refractivity (Wildman–Crippen MR) is 71.8 cm³/mol. The van der Waals surface area contributed by atoms with E-state index in [1.165, 1.54) is 32.5 Å². The molecule has 2 nitrogen and oxygen atoms in total. The van der Waals surface area contributed by atoms with Crippen LogP contribution >= 0.6 is 0 Å². The number of hydrogen-bond donors (Lipinski definition) is 1. The van der Waals surface area contributed by atoms with Crippen molar-refractivity contribution in [3.8, 4) is 0 Å². The van der Waals surface area contributed by atoms with Crippen LogP contribution in [0, 0.1) is 11.3 Å². The number of nitrogens with zero attached hydrogens (tertiary/aromatic N) is 1. The Kier molecular flexibility index (Phi) is 5.26. The highest BCUT2D eigenvalue weighted by atomic mass is 15.2. The zero-order valence-electron chi connectivity index (χ0n) is 11.8. The van der Waals surface area contributed by atoms with Crippen LogP contribution in [0.3, 0.4) is 0 Å². The van der Waals surface area contributed by atoms with Gasteiger partial charge in [-0.15, -0.1) is 0 Å². The lowest BCUT2D eigenvalue weighted by Crippen LogP contribution is -2.49. The highest BCUT2D eigenvalue weighted by Gasteiger charge is 2.28. The second-order valence-electron chi connectivity index (χ2n) is 6.28. The van der Waals surface area contributed by atoms with Crippen molar-refractivity contribution in [3.05, 3.63) is 0 Å². The molecule has 1 saturated heterocycles. The number of nitrogens with one attached hydrogen (secondary N) is 1. The number of hydrogen-bond acceptors (Lipinski definition) is 2. The molecule has 1 aliphatic heterocycles. The number of likely N-dealkylation sites (N-methyl/N-ethyl adjacent to an activating group) is 1. The fourth-order valence-electron chi connectivity index (χ4n) is 2.41. The van der Waals surface area contributed by atoms with E-state index in [0.717, 1.165) is 18.5 Å². The maximum absolute atomic E-state index is 3.59. The first-order valence-electron chi connectivity index (χ1n) is 6.91. The van der Waals surface area contributed by atoms with Gasteiger partial charge in [-0.3, -0.25) is 0 Å². The quantitative estimate of drug-likeness (QED) is 0.775. The number of piperidine rings is 1. The van der Waals surface area contributed by atoms with Crippen LogP contribution < -0.4 is 5.32 Å². The fourth-order valence-corrected chi connectivity index (χ4v) is 2.41. The van der Waals surface area contributed by atoms with Crippen LogP contribution in [-0.2, 0) is 0 Å². The van der Waals surface area contributed by atoms with Gasteiger partial charge in [-0.05, 0) is 37.3 Å². The third-order valence-corrected chi connectivity index (χ3v) is 4.19. The monoisotopic (exact) mass is 226 g/mol. The SMILES string of the molecule is CCNC1CCCN(CC(C)(C)C(C)C)C1. The molecule has 0 spiro atoms. The normalized spacial score (nSPS) is 24.0. The minimum absolute atomic E-state index is 0.439. The summed E-state index contributed by atoms with van der Waals surface area (Å²) in [7, 11) is 0. The molecule has 0 radical (unpaired) electrons. The van der Waals surface area contributed by atoms with Crippen molar-refractivity contribution in [2.45, 2.75) is 53.5 Å². The Hall–Kier alpha value is -0.0800. The van der Waals surface area contributed by atoms with E-state index < -0.39 is 0 Å². The van der Waals surface area contributed by atoms with E-state index in [9.17, 15) is 0 Å². The summed E-state index contributed by atoms with van der Waals surface area (Å²) in [6.07, 6.45) is 2.71. The van der Waals surface area contributed by atoms with Gasteiger partial charge in [-0.2, -0.15) is 0 Å². The molecule has 2 heteroatoms. The van der Waals surface area contributed by atoms with Crippen molar-refractivity contribution in [3.63, 3.8) is 0 Å². The second-order valence-corrected chi connectivity index (χ2v) is 6.28. The molecule has 0 aromatic carbocycles. The van der Waals surface area contributed by atoms with Gasteiger partial charge in [-0.25, -0.2) is 0 Å². The van der Waals surface area contributed by atoms with Gasteiger partial charge in [0.1, 0.15) is 0 Å². The molecular formula is C14H30N2. The Morgan fingerprint density at radius 3 is 2.62 bits per heavy atom. The first-order chi connectivity index (χ1) is 7.45. The van der Waals surface area contributed by atoms with E-state index >= 15 is 0 Å². The molecule has 1 aliphatic rings. The van der Waals surface area contributed by atoms with Gasteiger partial charge in [0.25, 0.3) is 0 Å². The van der Waals surface area contributed by atoms with Gasteiger partial charge < -0.3 is 10.2 Å². The zero-order chi connectivity index (χ0) is 12.2. The molecular weight excluding hydrogens is 196 g/mol. The summed E-state index contributed by atoms with van der Waals surface area (Å²) < 4.78 is 0. The highest BCUT2D eigenvalue weighted by molar-refractivity contribution is 4.83. The lowest BCUT2D eigenvalue weighted by atomic mass is 9.80. The Labute approximate surface area is 102 Å². The number of likely N-dealkylation sites (tertiary alicyclic amines) is 1. The van der Waals surface area contributed by atoms with Crippen LogP contribution in [0.15, 0.2) is 0 Å². The Morgan fingerprint density at radius 2 is 2.06 bits per heavy atom. The lowest BCUT2D eigenvalue weighted by molar-refractivity contribution is 0.103. The van der Waals surface area contributed by atoms with Crippen molar-refractivity contribution in [2.24, 2.45) is 11.3 Å². The zero-order valence-corrected chi connectivity index (χ0v) is 11.8. The first-order valence-corrected chi connectivity index (χ1v) is 6.91. The van der Waals surface area contributed by atoms with E-state index in [4.69, 9.17) is 0 Å². The van der Waals surface area contributed by atoms with Crippen LogP contribution in [0.4, 0.5) is 0 Å². The van der Waals surface area contributed by atoms with Crippen LogP contribution in [0.1, 0.15) is 47.5 Å². The van der Waals surface area contributed by atoms with Crippen molar-refractivity contribution in [1.29, 1.82) is 0 Å². The molecule has 0 bridgehead atoms. The smallest absolute Gasteiger partial charge is 0.0195 e. The molecule has 1 rings (SSSR count). The highest BCUT2D eigenvalue weighted by Crippen LogP contribution is 2.28. The summed E-state index contributed by atoms with van der Waals surface area (Å²) in [6, 6.07) is 0.724. The average Bonchev–Trinajstić information content (AvgIpc) is 2.17. The molecule has 1 fully saturated rings. The Bertz CT molecular complexity index is 197. The summed E-state index contributed by atoms with van der Waals surface area (Å²) in [5.41, 5.74) is 0.439. The van der Waals surface area contributed by atoms with Crippen molar-refractivity contribution < 1.29 is 0 Å². The summed E-state index contributed by atoms with van der Waals surface area (Å²) in [6.45, 7) is 16.6. The summed E-state index contributed by atoms with van der Waals surface area (Å²) in [5, 5.41) is 3.59. The number of rotatable bonds is 5. The Balaban J connectivity index is 2.42. The topological polar surface area (TPSA) is 15.3 Å². The van der Waals surface area contributed by atoms with Gasteiger partial charge in [0.05, 0.1) is 0 Å². The lowest BCUT2D eigenvalue weighted by Gasteiger charge is -2.40. The van der Waals surface area contributed by atoms with Crippen LogP contribution in [-0.4, -0.2) is 37.1 Å². The molecule has 0 amide bonds. The van der Waals surface area contributed by atoms with Gasteiger partial charge in [-0.1, -0.05) is 34.6 Å². The minimum atomic E-state index is 0.439. The van der Waals surface area contributed by atoms with Crippen LogP contribution in [0.25, 0.3) is 0 Å². The fraction of sp³-hybridized carbons (Fsp3) is 1.00. The van der Waals surface area contributed by atoms with E-state index in [2.05, 4.69) is 44.8 Å². The van der Waals surface area contributed by atoms with Crippen molar-refractivity contribution in [1.82, 2.24) is 10.2 Å². The molecule has 0 aliphatic carbocycles. The third kappa shape index (κ3) is 4.06. The van der Waals surface area contributed by atoms with E-state index in [1.54, 1.807) is 0 Å². The van der Waals surface area contributed by atoms with E-state index in [0.29, 0.717) is 5.41 Å². The molecule has 1 heterocycles. The summed E-state index contributed by atoms with van der Waals surface area (Å²) >= 11 is 0. The molecule has 0 aromatic rings. The predicted octanol–water partition coefficient (Wildman–Crippen LogP) is 2.74. The van der Waals surface area contributed by atoms with Gasteiger partial charge in [0.15, 0.2) is 0 Å². The van der Waals surface area contributed by atoms with Gasteiger partial charge in [0, 0.05) is 19.1 Å². The van der Waals surface area contributed by atoms with Crippen LogP contribution in [0.5, 0.6) is 0 Å². The van der Waals surface area contributed by atoms with Crippen molar-refractivity contribution >= 4 is 0 Å². The maximum atomic E-state index is 3.59. The van der Waals surface area contributed by atoms with E-state index in [1.807, 2.05) is 0 Å². The molecule has 1 unspecified atom stereocenters. The standard InChI is InChI=1S/C14H30N2/c1-6-15-13-8-7-9-16(10-13)11-14(4,5)12(2)3/h12-13,15H,6-11H2,1-5H3. The Morgan fingerprint density at radius 1 is 1.38 bits per heavy atom. The van der Waals surface area contributed by atoms with Gasteiger partial charge >= 0.3 is 0 Å². The molecule has 1 atom stereocenters. The van der Waals surface area contributed by atoms with Crippen molar-refractivity contribution in [2.75, 3.05) is 26.2 Å². The molecule has 0 saturated carbocycles. The average molecular weight is 226 g/mol. The third-order valence-electron chi connectivity index (χ3n) is 4.19. The maximum Gasteiger partial charge on any atom is 0.0195 e. The summed E-state index contributed by atoms with van der Waals surface area (Å²) in [5.74, 6) is 0.756. The first kappa shape index (κ1) is 14.0. The molecule has 16 heavy (non-hydrogen) atoms. The summed E-state index contributed by atoms with van der Waals surface area (Å²) in [4.78, 5) is 2.65. The molecule has 1 N–H and O–H groups in total. The molecule has 96 valence electrons. The van der Waals surface area contributed by atoms with E-state index in [-0.39, 0.29) is 0 Å². The second kappa shape index (κ2) is 6.02. The van der Waals surface area contributed by atoms with Crippen LogP contribution in [0.2, 0.25) is 0 Å².